The van der Waals surface area contributed by atoms with E-state index in [0.29, 0.717) is 0 Å². The first-order chi connectivity index (χ1) is 16.2. The van der Waals surface area contributed by atoms with Gasteiger partial charge in [-0.2, -0.15) is 0 Å². The summed E-state index contributed by atoms with van der Waals surface area (Å²) in [6.45, 7) is 0. The van der Waals surface area contributed by atoms with Crippen molar-refractivity contribution in [2.45, 2.75) is 4.90 Å². The first kappa shape index (κ1) is 21.0. The summed E-state index contributed by atoms with van der Waals surface area (Å²) in [7, 11) is 2.00. The molecule has 0 aliphatic carbocycles. The van der Waals surface area contributed by atoms with Gasteiger partial charge in [-0.05, 0) is 35.0 Å². The molecule has 0 saturated carbocycles. The van der Waals surface area contributed by atoms with Gasteiger partial charge in [0, 0.05) is 35.2 Å². The van der Waals surface area contributed by atoms with E-state index >= 15 is 0 Å². The van der Waals surface area contributed by atoms with Crippen molar-refractivity contribution in [2.75, 3.05) is 11.9 Å². The molecule has 3 nitrogen and oxygen atoms in total. The van der Waals surface area contributed by atoms with Crippen molar-refractivity contribution in [3.8, 4) is 0 Å². The fraction of sp³-hybridized carbons (Fsp3) is 0.0345. The molecule has 0 N–H and O–H groups in total. The predicted octanol–water partition coefficient (Wildman–Crippen LogP) is 7.34. The fourth-order valence-electron chi connectivity index (χ4n) is 3.89. The van der Waals surface area contributed by atoms with Gasteiger partial charge in [0.25, 0.3) is 0 Å². The van der Waals surface area contributed by atoms with Crippen LogP contribution in [-0.2, 0) is 0 Å². The van der Waals surface area contributed by atoms with Crippen molar-refractivity contribution in [3.63, 3.8) is 0 Å². The third-order valence-electron chi connectivity index (χ3n) is 5.59. The van der Waals surface area contributed by atoms with E-state index in [9.17, 15) is 4.79 Å². The average Bonchev–Trinajstić information content (AvgIpc) is 3.19. The number of benzene rings is 4. The first-order valence-corrected chi connectivity index (χ1v) is 11.6. The van der Waals surface area contributed by atoms with Crippen LogP contribution in [0, 0.1) is 0 Å². The topological polar surface area (TPSA) is 33.2 Å². The molecule has 0 fully saturated rings. The zero-order valence-electron chi connectivity index (χ0n) is 18.2. The van der Waals surface area contributed by atoms with Gasteiger partial charge in [0.1, 0.15) is 0 Å². The Labute approximate surface area is 197 Å². The number of hydrogen-bond donors (Lipinski definition) is 0. The molecule has 0 unspecified atom stereocenters. The highest BCUT2D eigenvalue weighted by Crippen LogP contribution is 2.44. The second-order valence-electron chi connectivity index (χ2n) is 7.70. The van der Waals surface area contributed by atoms with Crippen molar-refractivity contribution >= 4 is 44.9 Å². The lowest BCUT2D eigenvalue weighted by molar-refractivity contribution is 0.104. The summed E-state index contributed by atoms with van der Waals surface area (Å²) in [5.74, 6) is 0.0453. The average molecular weight is 447 g/mol. The summed E-state index contributed by atoms with van der Waals surface area (Å²) in [6.07, 6.45) is 3.55. The number of carbonyl (C=O) groups excluding carboxylic acids is 1. The van der Waals surface area contributed by atoms with Crippen molar-refractivity contribution in [3.05, 3.63) is 126 Å². The van der Waals surface area contributed by atoms with Gasteiger partial charge in [-0.3, -0.25) is 9.78 Å². The molecule has 1 aromatic heterocycles. The zero-order valence-corrected chi connectivity index (χ0v) is 19.0. The Balaban J connectivity index is 0.000000190. The third kappa shape index (κ3) is 4.38. The molecule has 2 heterocycles. The highest BCUT2D eigenvalue weighted by atomic mass is 32.2. The minimum atomic E-state index is 0.0453. The predicted molar refractivity (Wildman–Crippen MR) is 139 cm³/mol. The number of anilines is 1. The summed E-state index contributed by atoms with van der Waals surface area (Å²) in [5.41, 5.74) is 2.96. The minimum Gasteiger partial charge on any atom is -0.338 e. The number of rotatable bonds is 2. The molecule has 0 atom stereocenters. The van der Waals surface area contributed by atoms with Crippen LogP contribution in [0.15, 0.2) is 125 Å². The number of aromatic nitrogens is 1. The largest absolute Gasteiger partial charge is 0.338 e. The van der Waals surface area contributed by atoms with E-state index in [1.54, 1.807) is 17.8 Å². The second-order valence-corrected chi connectivity index (χ2v) is 8.76. The molecular formula is C29H22N2OS. The molecule has 1 aliphatic rings. The quantitative estimate of drug-likeness (QED) is 0.210. The molecule has 0 saturated heterocycles. The van der Waals surface area contributed by atoms with E-state index in [2.05, 4.69) is 34.1 Å². The maximum Gasteiger partial charge on any atom is 0.189 e. The van der Waals surface area contributed by atoms with Crippen molar-refractivity contribution in [1.82, 2.24) is 4.98 Å². The highest BCUT2D eigenvalue weighted by Gasteiger charge is 2.22. The van der Waals surface area contributed by atoms with Gasteiger partial charge in [-0.25, -0.2) is 0 Å². The van der Waals surface area contributed by atoms with E-state index in [4.69, 9.17) is 0 Å². The Morgan fingerprint density at radius 2 is 1.48 bits per heavy atom. The molecule has 5 aromatic rings. The summed E-state index contributed by atoms with van der Waals surface area (Å²) in [6, 6.07) is 34.2. The van der Waals surface area contributed by atoms with Crippen LogP contribution < -0.4 is 4.90 Å². The molecule has 4 heteroatoms. The van der Waals surface area contributed by atoms with Crippen LogP contribution in [-0.4, -0.2) is 17.8 Å². The number of hydrogen-bond acceptors (Lipinski definition) is 4. The number of pyridine rings is 1. The lowest BCUT2D eigenvalue weighted by atomic mass is 10.0. The lowest BCUT2D eigenvalue weighted by Gasteiger charge is -2.13. The van der Waals surface area contributed by atoms with Crippen molar-refractivity contribution in [2.24, 2.45) is 0 Å². The number of nitrogens with zero attached hydrogens (tertiary/aromatic N) is 2. The van der Waals surface area contributed by atoms with Gasteiger partial charge >= 0.3 is 0 Å². The summed E-state index contributed by atoms with van der Waals surface area (Å²) in [4.78, 5) is 20.2. The fourth-order valence-corrected chi connectivity index (χ4v) is 4.98. The van der Waals surface area contributed by atoms with Crippen LogP contribution in [0.25, 0.3) is 21.7 Å². The van der Waals surface area contributed by atoms with Crippen LogP contribution in [0.1, 0.15) is 10.4 Å². The summed E-state index contributed by atoms with van der Waals surface area (Å²) in [5, 5.41) is 4.25. The van der Waals surface area contributed by atoms with Crippen molar-refractivity contribution < 1.29 is 4.79 Å². The molecule has 33 heavy (non-hydrogen) atoms. The Hall–Kier alpha value is -3.89. The number of fused-ring (bicyclic) bond motifs is 3. The lowest BCUT2D eigenvalue weighted by Crippen LogP contribution is -2.11. The number of ketones is 1. The smallest absolute Gasteiger partial charge is 0.189 e. The van der Waals surface area contributed by atoms with E-state index in [1.165, 1.54) is 10.3 Å². The van der Waals surface area contributed by atoms with Crippen LogP contribution in [0.4, 0.5) is 5.69 Å². The normalized spacial score (nSPS) is 13.6. The molecule has 0 spiro atoms. The zero-order chi connectivity index (χ0) is 22.6. The molecule has 0 radical (unpaired) electrons. The van der Waals surface area contributed by atoms with Crippen LogP contribution >= 0.6 is 11.8 Å². The van der Waals surface area contributed by atoms with E-state index in [-0.39, 0.29) is 5.78 Å². The van der Waals surface area contributed by atoms with Crippen LogP contribution in [0.2, 0.25) is 0 Å². The number of para-hydroxylation sites is 2. The Bertz CT molecular complexity index is 1420. The monoisotopic (exact) mass is 446 g/mol. The molecule has 4 aromatic carbocycles. The SMILES string of the molecule is CN1C(=CC(=O)c2cccc3ccccc23)Sc2ccccc21.c1ccc2ncccc2c1. The van der Waals surface area contributed by atoms with Crippen LogP contribution in [0.5, 0.6) is 0 Å². The van der Waals surface area contributed by atoms with Gasteiger partial charge in [-0.15, -0.1) is 0 Å². The number of carbonyl (C=O) groups is 1. The third-order valence-corrected chi connectivity index (χ3v) is 6.76. The Morgan fingerprint density at radius 3 is 2.33 bits per heavy atom. The van der Waals surface area contributed by atoms with Gasteiger partial charge in [0.15, 0.2) is 5.78 Å². The molecule has 0 amide bonds. The van der Waals surface area contributed by atoms with Gasteiger partial charge in [0.2, 0.25) is 0 Å². The van der Waals surface area contributed by atoms with E-state index < -0.39 is 0 Å². The summed E-state index contributed by atoms with van der Waals surface area (Å²) >= 11 is 1.64. The standard InChI is InChI=1S/C20H15NOS.C9H7N/c1-21-17-11-4-5-12-19(17)23-20(21)13-18(22)16-10-6-8-14-7-2-3-9-15(14)16;1-2-6-9-8(4-1)5-3-7-10-9/h2-13H,1H3;1-7H. The molecule has 1 aliphatic heterocycles. The molecule has 160 valence electrons. The molecule has 6 rings (SSSR count). The van der Waals surface area contributed by atoms with Crippen LogP contribution in [0.3, 0.4) is 0 Å². The van der Waals surface area contributed by atoms with Gasteiger partial charge in [0.05, 0.1) is 16.2 Å². The molecule has 0 bridgehead atoms. The van der Waals surface area contributed by atoms with E-state index in [1.807, 2.05) is 92.1 Å². The summed E-state index contributed by atoms with van der Waals surface area (Å²) < 4.78 is 0. The maximum atomic E-state index is 12.8. The first-order valence-electron chi connectivity index (χ1n) is 10.7. The maximum absolute atomic E-state index is 12.8. The van der Waals surface area contributed by atoms with Gasteiger partial charge in [-0.1, -0.05) is 90.6 Å². The Morgan fingerprint density at radius 1 is 0.788 bits per heavy atom. The Kier molecular flexibility index (Phi) is 5.92. The van der Waals surface area contributed by atoms with Gasteiger partial charge < -0.3 is 4.90 Å². The second kappa shape index (κ2) is 9.31. The minimum absolute atomic E-state index is 0.0453. The number of allylic oxidation sites excluding steroid dienone is 1. The molecular weight excluding hydrogens is 424 g/mol. The van der Waals surface area contributed by atoms with E-state index in [0.717, 1.165) is 32.6 Å². The number of thioether (sulfide) groups is 1. The highest BCUT2D eigenvalue weighted by molar-refractivity contribution is 8.03. The van der Waals surface area contributed by atoms with Crippen molar-refractivity contribution in [1.29, 1.82) is 0 Å².